The number of nitrogens with one attached hydrogen (secondary N) is 1. The molecule has 0 unspecified atom stereocenters. The summed E-state index contributed by atoms with van der Waals surface area (Å²) in [6.45, 7) is 5.79. The van der Waals surface area contributed by atoms with Gasteiger partial charge in [0.25, 0.3) is 0 Å². The van der Waals surface area contributed by atoms with E-state index in [-0.39, 0.29) is 0 Å². The van der Waals surface area contributed by atoms with Gasteiger partial charge in [-0.3, -0.25) is 4.68 Å². The highest BCUT2D eigenvalue weighted by Crippen LogP contribution is 2.07. The Labute approximate surface area is 95.3 Å². The minimum atomic E-state index is 0.754. The summed E-state index contributed by atoms with van der Waals surface area (Å²) < 4.78 is 1.97. The molecule has 0 saturated carbocycles. The molecule has 0 amide bonds. The first-order chi connectivity index (χ1) is 7.79. The molecule has 0 aliphatic rings. The molecule has 84 valence electrons. The SMILES string of the molecule is CCn1nccc1CNc1cc(C)ccn1. The maximum Gasteiger partial charge on any atom is 0.126 e. The van der Waals surface area contributed by atoms with E-state index in [9.17, 15) is 0 Å². The van der Waals surface area contributed by atoms with Crippen LogP contribution < -0.4 is 5.32 Å². The second kappa shape index (κ2) is 4.79. The summed E-state index contributed by atoms with van der Waals surface area (Å²) in [6, 6.07) is 6.04. The lowest BCUT2D eigenvalue weighted by Crippen LogP contribution is -2.08. The fourth-order valence-corrected chi connectivity index (χ4v) is 1.61. The zero-order valence-corrected chi connectivity index (χ0v) is 9.64. The quantitative estimate of drug-likeness (QED) is 0.852. The first kappa shape index (κ1) is 10.7. The topological polar surface area (TPSA) is 42.7 Å². The van der Waals surface area contributed by atoms with Gasteiger partial charge in [-0.05, 0) is 37.6 Å². The lowest BCUT2D eigenvalue weighted by molar-refractivity contribution is 0.627. The lowest BCUT2D eigenvalue weighted by Gasteiger charge is -2.07. The van der Waals surface area contributed by atoms with Gasteiger partial charge >= 0.3 is 0 Å². The summed E-state index contributed by atoms with van der Waals surface area (Å²) in [4.78, 5) is 4.25. The Kier molecular flexibility index (Phi) is 3.19. The summed E-state index contributed by atoms with van der Waals surface area (Å²) in [6.07, 6.45) is 3.64. The van der Waals surface area contributed by atoms with Gasteiger partial charge in [-0.25, -0.2) is 4.98 Å². The number of hydrogen-bond acceptors (Lipinski definition) is 3. The molecule has 4 heteroatoms. The van der Waals surface area contributed by atoms with E-state index < -0.39 is 0 Å². The number of pyridine rings is 1. The molecule has 2 rings (SSSR count). The Balaban J connectivity index is 2.02. The van der Waals surface area contributed by atoms with E-state index in [0.29, 0.717) is 0 Å². The molecule has 0 saturated heterocycles. The number of rotatable bonds is 4. The smallest absolute Gasteiger partial charge is 0.126 e. The Morgan fingerprint density at radius 1 is 1.31 bits per heavy atom. The van der Waals surface area contributed by atoms with Crippen LogP contribution in [0, 0.1) is 6.92 Å². The Morgan fingerprint density at radius 2 is 2.19 bits per heavy atom. The van der Waals surface area contributed by atoms with Crippen LogP contribution in [0.4, 0.5) is 5.82 Å². The average molecular weight is 216 g/mol. The van der Waals surface area contributed by atoms with Crippen molar-refractivity contribution in [3.63, 3.8) is 0 Å². The van der Waals surface area contributed by atoms with Crippen LogP contribution in [0.5, 0.6) is 0 Å². The molecule has 0 radical (unpaired) electrons. The van der Waals surface area contributed by atoms with E-state index in [1.54, 1.807) is 0 Å². The number of hydrogen-bond donors (Lipinski definition) is 1. The maximum atomic E-state index is 4.25. The van der Waals surface area contributed by atoms with Crippen LogP contribution in [0.3, 0.4) is 0 Å². The van der Waals surface area contributed by atoms with Crippen LogP contribution in [0.2, 0.25) is 0 Å². The van der Waals surface area contributed by atoms with Crippen molar-refractivity contribution >= 4 is 5.82 Å². The highest BCUT2D eigenvalue weighted by molar-refractivity contribution is 5.37. The van der Waals surface area contributed by atoms with Gasteiger partial charge in [0, 0.05) is 18.9 Å². The van der Waals surface area contributed by atoms with E-state index in [1.165, 1.54) is 11.3 Å². The summed E-state index contributed by atoms with van der Waals surface area (Å²) in [5.41, 5.74) is 2.38. The fourth-order valence-electron chi connectivity index (χ4n) is 1.61. The van der Waals surface area contributed by atoms with E-state index in [0.717, 1.165) is 18.9 Å². The van der Waals surface area contributed by atoms with E-state index in [2.05, 4.69) is 29.2 Å². The van der Waals surface area contributed by atoms with Crippen LogP contribution >= 0.6 is 0 Å². The van der Waals surface area contributed by atoms with Crippen LogP contribution in [-0.2, 0) is 13.1 Å². The lowest BCUT2D eigenvalue weighted by atomic mass is 10.3. The van der Waals surface area contributed by atoms with Crippen molar-refractivity contribution < 1.29 is 0 Å². The van der Waals surface area contributed by atoms with Gasteiger partial charge in [0.05, 0.1) is 12.2 Å². The van der Waals surface area contributed by atoms with Gasteiger partial charge in [0.2, 0.25) is 0 Å². The summed E-state index contributed by atoms with van der Waals surface area (Å²) >= 11 is 0. The first-order valence-electron chi connectivity index (χ1n) is 5.47. The van der Waals surface area contributed by atoms with E-state index >= 15 is 0 Å². The summed E-state index contributed by atoms with van der Waals surface area (Å²) in [5, 5.41) is 7.51. The van der Waals surface area contributed by atoms with Gasteiger partial charge in [0.15, 0.2) is 0 Å². The molecule has 0 aromatic carbocycles. The fraction of sp³-hybridized carbons (Fsp3) is 0.333. The van der Waals surface area contributed by atoms with Crippen molar-refractivity contribution in [3.8, 4) is 0 Å². The minimum absolute atomic E-state index is 0.754. The van der Waals surface area contributed by atoms with Crippen molar-refractivity contribution in [2.45, 2.75) is 26.9 Å². The molecular formula is C12H16N4. The molecule has 1 N–H and O–H groups in total. The predicted molar refractivity (Wildman–Crippen MR) is 64.2 cm³/mol. The second-order valence-electron chi connectivity index (χ2n) is 3.71. The maximum absolute atomic E-state index is 4.25. The van der Waals surface area contributed by atoms with Crippen molar-refractivity contribution in [2.75, 3.05) is 5.32 Å². The molecule has 2 aromatic rings. The Bertz CT molecular complexity index is 462. The van der Waals surface area contributed by atoms with Crippen LogP contribution in [0.15, 0.2) is 30.6 Å². The highest BCUT2D eigenvalue weighted by atomic mass is 15.3. The van der Waals surface area contributed by atoms with E-state index in [4.69, 9.17) is 0 Å². The van der Waals surface area contributed by atoms with Crippen molar-refractivity contribution in [1.29, 1.82) is 0 Å². The molecule has 0 aliphatic heterocycles. The first-order valence-corrected chi connectivity index (χ1v) is 5.47. The standard InChI is InChI=1S/C12H16N4/c1-3-16-11(5-7-15-16)9-14-12-8-10(2)4-6-13-12/h4-8H,3,9H2,1-2H3,(H,13,14). The Morgan fingerprint density at radius 3 is 2.94 bits per heavy atom. The molecule has 0 atom stereocenters. The van der Waals surface area contributed by atoms with Crippen molar-refractivity contribution in [2.24, 2.45) is 0 Å². The number of anilines is 1. The van der Waals surface area contributed by atoms with Crippen molar-refractivity contribution in [3.05, 3.63) is 41.9 Å². The van der Waals surface area contributed by atoms with Crippen LogP contribution in [0.25, 0.3) is 0 Å². The third-order valence-electron chi connectivity index (χ3n) is 2.47. The molecule has 0 bridgehead atoms. The third kappa shape index (κ3) is 2.39. The van der Waals surface area contributed by atoms with Gasteiger partial charge in [0.1, 0.15) is 5.82 Å². The molecule has 2 aromatic heterocycles. The molecule has 0 spiro atoms. The zero-order chi connectivity index (χ0) is 11.4. The molecule has 4 nitrogen and oxygen atoms in total. The second-order valence-corrected chi connectivity index (χ2v) is 3.71. The van der Waals surface area contributed by atoms with Gasteiger partial charge < -0.3 is 5.32 Å². The van der Waals surface area contributed by atoms with Crippen molar-refractivity contribution in [1.82, 2.24) is 14.8 Å². The third-order valence-corrected chi connectivity index (χ3v) is 2.47. The minimum Gasteiger partial charge on any atom is -0.364 e. The Hall–Kier alpha value is -1.84. The molecule has 2 heterocycles. The van der Waals surface area contributed by atoms with Gasteiger partial charge in [-0.15, -0.1) is 0 Å². The summed E-state index contributed by atoms with van der Waals surface area (Å²) in [7, 11) is 0. The van der Waals surface area contributed by atoms with Gasteiger partial charge in [-0.1, -0.05) is 0 Å². The van der Waals surface area contributed by atoms with E-state index in [1.807, 2.05) is 35.3 Å². The molecule has 16 heavy (non-hydrogen) atoms. The number of aryl methyl sites for hydroxylation is 2. The number of aromatic nitrogens is 3. The normalized spacial score (nSPS) is 10.4. The van der Waals surface area contributed by atoms with Gasteiger partial charge in [-0.2, -0.15) is 5.10 Å². The monoisotopic (exact) mass is 216 g/mol. The molecular weight excluding hydrogens is 200 g/mol. The molecule has 0 aliphatic carbocycles. The number of nitrogens with zero attached hydrogens (tertiary/aromatic N) is 3. The largest absolute Gasteiger partial charge is 0.364 e. The van der Waals surface area contributed by atoms with Crippen LogP contribution in [-0.4, -0.2) is 14.8 Å². The highest BCUT2D eigenvalue weighted by Gasteiger charge is 2.00. The summed E-state index contributed by atoms with van der Waals surface area (Å²) in [5.74, 6) is 0.906. The van der Waals surface area contributed by atoms with Crippen LogP contribution in [0.1, 0.15) is 18.2 Å². The zero-order valence-electron chi connectivity index (χ0n) is 9.64. The molecule has 0 fully saturated rings. The predicted octanol–water partition coefficient (Wildman–Crippen LogP) is 2.22. The average Bonchev–Trinajstić information content (AvgIpc) is 2.74.